The van der Waals surface area contributed by atoms with Gasteiger partial charge in [-0.25, -0.2) is 0 Å². The molecular formula is C22H46O7Si2. The summed E-state index contributed by atoms with van der Waals surface area (Å²) >= 11 is 0. The lowest BCUT2D eigenvalue weighted by Gasteiger charge is -2.38. The Morgan fingerprint density at radius 2 is 0.742 bits per heavy atom. The van der Waals surface area contributed by atoms with E-state index in [1.54, 1.807) is 0 Å². The Bertz CT molecular complexity index is 438. The maximum atomic E-state index is 6.25. The molecular weight excluding hydrogens is 432 g/mol. The molecule has 0 spiro atoms. The molecule has 0 radical (unpaired) electrons. The molecule has 0 N–H and O–H groups in total. The van der Waals surface area contributed by atoms with Crippen LogP contribution in [0, 0.1) is 0 Å². The Hall–Kier alpha value is -0.526. The molecule has 0 bridgehead atoms. The van der Waals surface area contributed by atoms with Crippen molar-refractivity contribution in [3.8, 4) is 0 Å². The first-order chi connectivity index (χ1) is 14.8. The number of allylic oxidation sites excluding steroid dienone is 2. The first-order valence-corrected chi connectivity index (χ1v) is 15.3. The summed E-state index contributed by atoms with van der Waals surface area (Å²) in [5.41, 5.74) is -0.437. The zero-order valence-electron chi connectivity index (χ0n) is 21.1. The zero-order chi connectivity index (χ0) is 23.9. The van der Waals surface area contributed by atoms with E-state index in [1.165, 1.54) is 0 Å². The summed E-state index contributed by atoms with van der Waals surface area (Å²) in [4.78, 5) is 0. The van der Waals surface area contributed by atoms with Gasteiger partial charge >= 0.3 is 17.6 Å². The second kappa shape index (κ2) is 16.1. The second-order valence-electron chi connectivity index (χ2n) is 6.76. The molecule has 0 heterocycles. The van der Waals surface area contributed by atoms with Crippen LogP contribution >= 0.6 is 0 Å². The molecule has 0 amide bonds. The van der Waals surface area contributed by atoms with Gasteiger partial charge in [-0.2, -0.15) is 0 Å². The molecule has 0 aliphatic carbocycles. The smallest absolute Gasteiger partial charge is 0.467 e. The van der Waals surface area contributed by atoms with Crippen molar-refractivity contribution < 1.29 is 31.3 Å². The number of hydrogen-bond donors (Lipinski definition) is 0. The molecule has 9 heteroatoms. The van der Waals surface area contributed by atoms with Crippen molar-refractivity contribution in [3.05, 3.63) is 24.7 Å². The van der Waals surface area contributed by atoms with E-state index in [0.29, 0.717) is 64.0 Å². The summed E-state index contributed by atoms with van der Waals surface area (Å²) in [7, 11) is -6.08. The second-order valence-corrected chi connectivity index (χ2v) is 12.3. The lowest BCUT2D eigenvalue weighted by atomic mass is 10.2. The molecule has 2 unspecified atom stereocenters. The highest BCUT2D eigenvalue weighted by Gasteiger charge is 2.53. The molecule has 184 valence electrons. The fourth-order valence-electron chi connectivity index (χ4n) is 3.72. The summed E-state index contributed by atoms with van der Waals surface area (Å²) in [5.74, 6) is 1.06. The predicted molar refractivity (Wildman–Crippen MR) is 129 cm³/mol. The van der Waals surface area contributed by atoms with E-state index < -0.39 is 17.6 Å². The SMILES string of the molecule is C=C(OC(=C)C(CC)[Si](OCC)(OCC)OCC)C(CC)[Si](OCC)(OCC)OCC. The third kappa shape index (κ3) is 8.40. The average Bonchev–Trinajstić information content (AvgIpc) is 2.70. The Labute approximate surface area is 192 Å². The van der Waals surface area contributed by atoms with E-state index in [4.69, 9.17) is 31.3 Å². The highest BCUT2D eigenvalue weighted by Crippen LogP contribution is 2.41. The minimum Gasteiger partial charge on any atom is -0.467 e. The molecule has 2 atom stereocenters. The summed E-state index contributed by atoms with van der Waals surface area (Å²) in [5, 5.41) is 0. The molecule has 0 aliphatic rings. The normalized spacial score (nSPS) is 14.3. The molecule has 0 aromatic carbocycles. The van der Waals surface area contributed by atoms with Crippen molar-refractivity contribution in [2.75, 3.05) is 39.6 Å². The minimum atomic E-state index is -3.04. The Kier molecular flexibility index (Phi) is 15.9. The average molecular weight is 479 g/mol. The van der Waals surface area contributed by atoms with E-state index in [2.05, 4.69) is 27.0 Å². The van der Waals surface area contributed by atoms with Crippen LogP contribution in [0.1, 0.15) is 68.2 Å². The van der Waals surface area contributed by atoms with Gasteiger partial charge in [-0.3, -0.25) is 0 Å². The van der Waals surface area contributed by atoms with Gasteiger partial charge < -0.3 is 31.3 Å². The molecule has 0 saturated heterocycles. The fourth-order valence-corrected chi connectivity index (χ4v) is 9.75. The molecule has 0 aliphatic heterocycles. The summed E-state index contributed by atoms with van der Waals surface area (Å²) < 4.78 is 42.8. The van der Waals surface area contributed by atoms with Crippen LogP contribution in [0.15, 0.2) is 24.7 Å². The van der Waals surface area contributed by atoms with Gasteiger partial charge in [-0.15, -0.1) is 0 Å². The van der Waals surface area contributed by atoms with Crippen molar-refractivity contribution in [2.24, 2.45) is 0 Å². The van der Waals surface area contributed by atoms with Crippen molar-refractivity contribution in [1.29, 1.82) is 0 Å². The first-order valence-electron chi connectivity index (χ1n) is 11.7. The third-order valence-electron chi connectivity index (χ3n) is 4.78. The van der Waals surface area contributed by atoms with Gasteiger partial charge in [-0.05, 0) is 54.4 Å². The standard InChI is InChI=1S/C22H46O7Si2/c1-11-21(30(23-13-3,24-14-4)25-15-5)19(9)29-20(10)22(12-2)31(26-16-6,27-17-7)28-18-8/h21-22H,9-18H2,1-8H3. The number of hydrogen-bond acceptors (Lipinski definition) is 7. The maximum absolute atomic E-state index is 6.25. The van der Waals surface area contributed by atoms with Crippen molar-refractivity contribution in [3.63, 3.8) is 0 Å². The largest absolute Gasteiger partial charge is 0.512 e. The van der Waals surface area contributed by atoms with Crippen molar-refractivity contribution >= 4 is 17.6 Å². The topological polar surface area (TPSA) is 64.6 Å². The summed E-state index contributed by atoms with van der Waals surface area (Å²) in [6, 6.07) is 0. The molecule has 0 rings (SSSR count). The number of rotatable bonds is 20. The van der Waals surface area contributed by atoms with Crippen LogP contribution in [0.5, 0.6) is 0 Å². The van der Waals surface area contributed by atoms with Gasteiger partial charge in [0.1, 0.15) is 11.5 Å². The van der Waals surface area contributed by atoms with Crippen LogP contribution in [0.3, 0.4) is 0 Å². The molecule has 0 saturated carbocycles. The van der Waals surface area contributed by atoms with Crippen LogP contribution in [-0.2, 0) is 31.3 Å². The number of ether oxygens (including phenoxy) is 1. The Morgan fingerprint density at radius 1 is 0.516 bits per heavy atom. The van der Waals surface area contributed by atoms with Gasteiger partial charge in [0.2, 0.25) is 0 Å². The van der Waals surface area contributed by atoms with Crippen LogP contribution < -0.4 is 0 Å². The van der Waals surface area contributed by atoms with Gasteiger partial charge in [0, 0.05) is 39.6 Å². The lowest BCUT2D eigenvalue weighted by molar-refractivity contribution is 0.0525. The van der Waals surface area contributed by atoms with Crippen LogP contribution in [0.4, 0.5) is 0 Å². The highest BCUT2D eigenvalue weighted by molar-refractivity contribution is 6.63. The lowest BCUT2D eigenvalue weighted by Crippen LogP contribution is -2.52. The molecule has 0 aromatic heterocycles. The molecule has 0 aromatic rings. The Morgan fingerprint density at radius 3 is 0.903 bits per heavy atom. The van der Waals surface area contributed by atoms with E-state index in [-0.39, 0.29) is 11.1 Å². The fraction of sp³-hybridized carbons (Fsp3) is 0.818. The van der Waals surface area contributed by atoms with Crippen LogP contribution in [0.2, 0.25) is 11.1 Å². The van der Waals surface area contributed by atoms with Gasteiger partial charge in [-0.1, -0.05) is 27.0 Å². The first kappa shape index (κ1) is 30.5. The van der Waals surface area contributed by atoms with Gasteiger partial charge in [0.25, 0.3) is 0 Å². The van der Waals surface area contributed by atoms with Gasteiger partial charge in [0.15, 0.2) is 0 Å². The van der Waals surface area contributed by atoms with E-state index >= 15 is 0 Å². The molecule has 0 fully saturated rings. The predicted octanol–water partition coefficient (Wildman–Crippen LogP) is 5.69. The van der Waals surface area contributed by atoms with Crippen molar-refractivity contribution in [2.45, 2.75) is 79.3 Å². The van der Waals surface area contributed by atoms with Crippen LogP contribution in [-0.4, -0.2) is 57.3 Å². The monoisotopic (exact) mass is 478 g/mol. The third-order valence-corrected chi connectivity index (χ3v) is 12.1. The zero-order valence-corrected chi connectivity index (χ0v) is 23.1. The highest BCUT2D eigenvalue weighted by atomic mass is 28.4. The van der Waals surface area contributed by atoms with Gasteiger partial charge in [0.05, 0.1) is 11.1 Å². The van der Waals surface area contributed by atoms with E-state index in [9.17, 15) is 0 Å². The quantitative estimate of drug-likeness (QED) is 0.164. The minimum absolute atomic E-state index is 0.219. The maximum Gasteiger partial charge on any atom is 0.512 e. The van der Waals surface area contributed by atoms with Crippen LogP contribution in [0.25, 0.3) is 0 Å². The Balaban J connectivity index is 5.86. The molecule has 7 nitrogen and oxygen atoms in total. The van der Waals surface area contributed by atoms with Crippen molar-refractivity contribution in [1.82, 2.24) is 0 Å². The molecule has 31 heavy (non-hydrogen) atoms. The van der Waals surface area contributed by atoms with E-state index in [0.717, 1.165) is 0 Å². The van der Waals surface area contributed by atoms with E-state index in [1.807, 2.05) is 41.5 Å². The summed E-state index contributed by atoms with van der Waals surface area (Å²) in [6.45, 7) is 27.1. The summed E-state index contributed by atoms with van der Waals surface area (Å²) in [6.07, 6.45) is 1.42.